The first kappa shape index (κ1) is 15.4. The predicted octanol–water partition coefficient (Wildman–Crippen LogP) is 4.98. The van der Waals surface area contributed by atoms with Gasteiger partial charge in [0.1, 0.15) is 11.5 Å². The van der Waals surface area contributed by atoms with E-state index in [1.807, 2.05) is 13.8 Å². The van der Waals surface area contributed by atoms with Gasteiger partial charge in [-0.15, -0.1) is 0 Å². The molecule has 0 radical (unpaired) electrons. The highest BCUT2D eigenvalue weighted by Gasteiger charge is 2.16. The molecule has 0 saturated heterocycles. The van der Waals surface area contributed by atoms with E-state index in [9.17, 15) is 14.5 Å². The summed E-state index contributed by atoms with van der Waals surface area (Å²) in [5, 5.41) is 14.2. The Labute approximate surface area is 130 Å². The van der Waals surface area contributed by atoms with Crippen molar-refractivity contribution in [1.29, 1.82) is 0 Å². The molecule has 2 aromatic rings. The fraction of sp³-hybridized carbons (Fsp3) is 0.200. The molecule has 0 aliphatic carbocycles. The Balaban J connectivity index is 2.30. The standard InChI is InChI=1S/C15H14BrFN2O2/c1-9-3-6-15(19(20)21)14(7-9)18-10(2)11-4-5-13(17)12(16)8-11/h3-8,10,18H,1-2H3. The van der Waals surface area contributed by atoms with Crippen LogP contribution in [0, 0.1) is 22.9 Å². The highest BCUT2D eigenvalue weighted by atomic mass is 79.9. The summed E-state index contributed by atoms with van der Waals surface area (Å²) in [5.74, 6) is -0.340. The fourth-order valence-corrected chi connectivity index (χ4v) is 2.42. The lowest BCUT2D eigenvalue weighted by molar-refractivity contribution is -0.384. The Bertz CT molecular complexity index is 691. The maximum atomic E-state index is 13.3. The lowest BCUT2D eigenvalue weighted by atomic mass is 10.1. The van der Waals surface area contributed by atoms with Gasteiger partial charge in [-0.25, -0.2) is 4.39 Å². The SMILES string of the molecule is Cc1ccc([N+](=O)[O-])c(NC(C)c2ccc(F)c(Br)c2)c1. The number of anilines is 1. The van der Waals surface area contributed by atoms with Crippen molar-refractivity contribution in [2.24, 2.45) is 0 Å². The molecule has 0 aliphatic heterocycles. The van der Waals surface area contributed by atoms with Crippen LogP contribution < -0.4 is 5.32 Å². The molecule has 1 atom stereocenters. The number of nitro groups is 1. The Morgan fingerprint density at radius 2 is 2.00 bits per heavy atom. The molecule has 0 aliphatic rings. The molecule has 4 nitrogen and oxygen atoms in total. The van der Waals surface area contributed by atoms with E-state index >= 15 is 0 Å². The third-order valence-electron chi connectivity index (χ3n) is 3.16. The third kappa shape index (κ3) is 3.58. The molecule has 0 amide bonds. The van der Waals surface area contributed by atoms with Crippen molar-refractivity contribution in [3.8, 4) is 0 Å². The van der Waals surface area contributed by atoms with E-state index < -0.39 is 4.92 Å². The Morgan fingerprint density at radius 1 is 1.29 bits per heavy atom. The van der Waals surface area contributed by atoms with Crippen molar-refractivity contribution in [3.05, 3.63) is 67.9 Å². The molecule has 1 unspecified atom stereocenters. The predicted molar refractivity (Wildman–Crippen MR) is 84.0 cm³/mol. The van der Waals surface area contributed by atoms with Crippen LogP contribution in [0.15, 0.2) is 40.9 Å². The summed E-state index contributed by atoms with van der Waals surface area (Å²) in [7, 11) is 0. The van der Waals surface area contributed by atoms with Gasteiger partial charge >= 0.3 is 0 Å². The quantitative estimate of drug-likeness (QED) is 0.623. The van der Waals surface area contributed by atoms with Gasteiger partial charge in [-0.2, -0.15) is 0 Å². The first-order valence-corrected chi connectivity index (χ1v) is 7.14. The summed E-state index contributed by atoms with van der Waals surface area (Å²) in [6.45, 7) is 3.74. The molecule has 0 saturated carbocycles. The maximum Gasteiger partial charge on any atom is 0.292 e. The summed E-state index contributed by atoms with van der Waals surface area (Å²) in [6.07, 6.45) is 0. The zero-order valence-electron chi connectivity index (χ0n) is 11.6. The Hall–Kier alpha value is -1.95. The van der Waals surface area contributed by atoms with E-state index in [4.69, 9.17) is 0 Å². The minimum Gasteiger partial charge on any atom is -0.373 e. The number of nitro benzene ring substituents is 1. The third-order valence-corrected chi connectivity index (χ3v) is 3.77. The second-order valence-corrected chi connectivity index (χ2v) is 5.67. The highest BCUT2D eigenvalue weighted by molar-refractivity contribution is 9.10. The number of aryl methyl sites for hydroxylation is 1. The van der Waals surface area contributed by atoms with Gasteiger partial charge < -0.3 is 5.32 Å². The number of hydrogen-bond acceptors (Lipinski definition) is 3. The fourth-order valence-electron chi connectivity index (χ4n) is 2.02. The Kier molecular flexibility index (Phi) is 4.57. The van der Waals surface area contributed by atoms with Gasteiger partial charge in [0, 0.05) is 12.1 Å². The number of nitrogens with zero attached hydrogens (tertiary/aromatic N) is 1. The number of hydrogen-bond donors (Lipinski definition) is 1. The van der Waals surface area contributed by atoms with E-state index in [2.05, 4.69) is 21.2 Å². The van der Waals surface area contributed by atoms with E-state index in [1.54, 1.807) is 24.3 Å². The summed E-state index contributed by atoms with van der Waals surface area (Å²) >= 11 is 3.14. The normalized spacial score (nSPS) is 12.0. The van der Waals surface area contributed by atoms with Crippen LogP contribution in [0.5, 0.6) is 0 Å². The van der Waals surface area contributed by atoms with Crippen molar-refractivity contribution >= 4 is 27.3 Å². The van der Waals surface area contributed by atoms with Crippen LogP contribution >= 0.6 is 15.9 Å². The molecule has 0 heterocycles. The van der Waals surface area contributed by atoms with Crippen LogP contribution in [0.3, 0.4) is 0 Å². The van der Waals surface area contributed by atoms with E-state index in [0.717, 1.165) is 11.1 Å². The van der Waals surface area contributed by atoms with Crippen LogP contribution in [0.25, 0.3) is 0 Å². The van der Waals surface area contributed by atoms with Crippen molar-refractivity contribution < 1.29 is 9.31 Å². The largest absolute Gasteiger partial charge is 0.373 e. The summed E-state index contributed by atoms with van der Waals surface area (Å²) in [5.41, 5.74) is 2.23. The Morgan fingerprint density at radius 3 is 2.62 bits per heavy atom. The van der Waals surface area contributed by atoms with Gasteiger partial charge in [0.25, 0.3) is 5.69 Å². The smallest absolute Gasteiger partial charge is 0.292 e. The zero-order valence-corrected chi connectivity index (χ0v) is 13.1. The molecule has 0 aromatic heterocycles. The molecular weight excluding hydrogens is 339 g/mol. The van der Waals surface area contributed by atoms with Crippen LogP contribution in [-0.4, -0.2) is 4.92 Å². The zero-order chi connectivity index (χ0) is 15.6. The number of halogens is 2. The van der Waals surface area contributed by atoms with E-state index in [-0.39, 0.29) is 17.5 Å². The van der Waals surface area contributed by atoms with Crippen LogP contribution in [0.2, 0.25) is 0 Å². The molecule has 0 bridgehead atoms. The highest BCUT2D eigenvalue weighted by Crippen LogP contribution is 2.30. The molecule has 2 aromatic carbocycles. The molecule has 2 rings (SSSR count). The molecule has 6 heteroatoms. The van der Waals surface area contributed by atoms with Gasteiger partial charge in [-0.1, -0.05) is 12.1 Å². The molecule has 0 spiro atoms. The first-order chi connectivity index (χ1) is 9.88. The second kappa shape index (κ2) is 6.22. The van der Waals surface area contributed by atoms with Gasteiger partial charge in [0.05, 0.1) is 9.40 Å². The monoisotopic (exact) mass is 352 g/mol. The number of nitrogens with one attached hydrogen (secondary N) is 1. The van der Waals surface area contributed by atoms with Gasteiger partial charge in [-0.05, 0) is 59.1 Å². The van der Waals surface area contributed by atoms with Crippen molar-refractivity contribution in [2.75, 3.05) is 5.32 Å². The van der Waals surface area contributed by atoms with Gasteiger partial charge in [0.2, 0.25) is 0 Å². The lowest BCUT2D eigenvalue weighted by Crippen LogP contribution is -2.08. The van der Waals surface area contributed by atoms with Crippen LogP contribution in [0.4, 0.5) is 15.8 Å². The molecular formula is C15H14BrFN2O2. The van der Waals surface area contributed by atoms with Crippen molar-refractivity contribution in [2.45, 2.75) is 19.9 Å². The van der Waals surface area contributed by atoms with Crippen molar-refractivity contribution in [3.63, 3.8) is 0 Å². The van der Waals surface area contributed by atoms with Crippen molar-refractivity contribution in [1.82, 2.24) is 0 Å². The van der Waals surface area contributed by atoms with E-state index in [1.165, 1.54) is 12.1 Å². The molecule has 110 valence electrons. The molecule has 0 fully saturated rings. The van der Waals surface area contributed by atoms with E-state index in [0.29, 0.717) is 10.2 Å². The second-order valence-electron chi connectivity index (χ2n) is 4.82. The van der Waals surface area contributed by atoms with Gasteiger partial charge in [-0.3, -0.25) is 10.1 Å². The molecule has 1 N–H and O–H groups in total. The lowest BCUT2D eigenvalue weighted by Gasteiger charge is -2.16. The summed E-state index contributed by atoms with van der Waals surface area (Å²) < 4.78 is 13.6. The van der Waals surface area contributed by atoms with Crippen LogP contribution in [-0.2, 0) is 0 Å². The average Bonchev–Trinajstić information content (AvgIpc) is 2.41. The minimum atomic E-state index is -0.422. The van der Waals surface area contributed by atoms with Gasteiger partial charge in [0.15, 0.2) is 0 Å². The number of benzene rings is 2. The topological polar surface area (TPSA) is 55.2 Å². The maximum absolute atomic E-state index is 13.3. The first-order valence-electron chi connectivity index (χ1n) is 6.35. The number of rotatable bonds is 4. The molecule has 21 heavy (non-hydrogen) atoms. The van der Waals surface area contributed by atoms with Crippen LogP contribution in [0.1, 0.15) is 24.1 Å². The summed E-state index contributed by atoms with van der Waals surface area (Å²) in [6, 6.07) is 9.39. The minimum absolute atomic E-state index is 0.0219. The average molecular weight is 353 g/mol. The summed E-state index contributed by atoms with van der Waals surface area (Å²) in [4.78, 5) is 10.6.